The second kappa shape index (κ2) is 12.9. The summed E-state index contributed by atoms with van der Waals surface area (Å²) in [4.78, 5) is 0. The van der Waals surface area contributed by atoms with Crippen LogP contribution in [0.15, 0.2) is 12.7 Å². The minimum atomic E-state index is 0.192. The summed E-state index contributed by atoms with van der Waals surface area (Å²) < 4.78 is 5.65. The van der Waals surface area contributed by atoms with Gasteiger partial charge in [-0.3, -0.25) is 0 Å². The molecule has 0 saturated carbocycles. The summed E-state index contributed by atoms with van der Waals surface area (Å²) >= 11 is 0. The fourth-order valence-corrected chi connectivity index (χ4v) is 2.71. The Kier molecular flexibility index (Phi) is 12.8. The first-order valence-electron chi connectivity index (χ1n) is 10.0. The Bertz CT molecular complexity index is 302. The molecular formula is C22H44O2. The van der Waals surface area contributed by atoms with Crippen molar-refractivity contribution in [3.05, 3.63) is 12.7 Å². The number of hydrogen-bond donors (Lipinski definition) is 1. The van der Waals surface area contributed by atoms with Crippen molar-refractivity contribution >= 4 is 0 Å². The minimum absolute atomic E-state index is 0.192. The summed E-state index contributed by atoms with van der Waals surface area (Å²) in [6, 6.07) is 0. The Hall–Kier alpha value is -0.340. The van der Waals surface area contributed by atoms with Gasteiger partial charge in [-0.05, 0) is 30.1 Å². The van der Waals surface area contributed by atoms with Gasteiger partial charge >= 0.3 is 0 Å². The summed E-state index contributed by atoms with van der Waals surface area (Å²) in [6.07, 6.45) is 13.2. The summed E-state index contributed by atoms with van der Waals surface area (Å²) in [5, 5.41) is 9.17. The largest absolute Gasteiger partial charge is 0.396 e. The van der Waals surface area contributed by atoms with Crippen molar-refractivity contribution in [2.75, 3.05) is 19.8 Å². The van der Waals surface area contributed by atoms with E-state index in [0.29, 0.717) is 17.4 Å². The van der Waals surface area contributed by atoms with Gasteiger partial charge in [-0.1, -0.05) is 79.2 Å². The number of aliphatic hydroxyl groups excluding tert-OH is 1. The number of unbranched alkanes of at least 4 members (excludes halogenated alkanes) is 6. The molecule has 2 nitrogen and oxygen atoms in total. The van der Waals surface area contributed by atoms with Gasteiger partial charge in [0.05, 0.1) is 6.61 Å². The Balaban J connectivity index is 3.42. The van der Waals surface area contributed by atoms with Gasteiger partial charge in [-0.2, -0.15) is 0 Å². The van der Waals surface area contributed by atoms with Gasteiger partial charge in [0.1, 0.15) is 0 Å². The second-order valence-electron chi connectivity index (χ2n) is 9.01. The third kappa shape index (κ3) is 11.3. The molecule has 1 unspecified atom stereocenters. The Morgan fingerprint density at radius 1 is 0.917 bits per heavy atom. The number of rotatable bonds is 15. The average Bonchev–Trinajstić information content (AvgIpc) is 2.50. The van der Waals surface area contributed by atoms with E-state index < -0.39 is 0 Å². The van der Waals surface area contributed by atoms with Crippen molar-refractivity contribution in [2.45, 2.75) is 92.4 Å². The fourth-order valence-electron chi connectivity index (χ4n) is 2.71. The highest BCUT2D eigenvalue weighted by atomic mass is 16.5. The van der Waals surface area contributed by atoms with Gasteiger partial charge in [0, 0.05) is 19.1 Å². The van der Waals surface area contributed by atoms with Crippen molar-refractivity contribution in [3.8, 4) is 0 Å². The Labute approximate surface area is 152 Å². The van der Waals surface area contributed by atoms with Crippen LogP contribution >= 0.6 is 0 Å². The van der Waals surface area contributed by atoms with Crippen LogP contribution < -0.4 is 0 Å². The number of allylic oxidation sites excluding steroid dienone is 1. The smallest absolute Gasteiger partial charge is 0.0519 e. The molecule has 0 aromatic rings. The van der Waals surface area contributed by atoms with Crippen LogP contribution in [0.4, 0.5) is 0 Å². The molecule has 0 bridgehead atoms. The summed E-state index contributed by atoms with van der Waals surface area (Å²) in [7, 11) is 0. The molecule has 0 aromatic heterocycles. The molecule has 0 radical (unpaired) electrons. The monoisotopic (exact) mass is 340 g/mol. The topological polar surface area (TPSA) is 29.5 Å². The molecule has 1 atom stereocenters. The van der Waals surface area contributed by atoms with Gasteiger partial charge in [0.15, 0.2) is 0 Å². The molecule has 0 aromatic carbocycles. The molecule has 0 aliphatic rings. The zero-order valence-electron chi connectivity index (χ0n) is 17.2. The lowest BCUT2D eigenvalue weighted by molar-refractivity contribution is 0.0717. The van der Waals surface area contributed by atoms with Crippen LogP contribution in [0.3, 0.4) is 0 Å². The van der Waals surface area contributed by atoms with Gasteiger partial charge in [-0.25, -0.2) is 0 Å². The number of hydrogen-bond acceptors (Lipinski definition) is 2. The first-order chi connectivity index (χ1) is 11.2. The predicted octanol–water partition coefficient (Wildman–Crippen LogP) is 6.38. The van der Waals surface area contributed by atoms with Crippen molar-refractivity contribution in [3.63, 3.8) is 0 Å². The second-order valence-corrected chi connectivity index (χ2v) is 9.01. The van der Waals surface area contributed by atoms with Crippen molar-refractivity contribution in [2.24, 2.45) is 16.7 Å². The van der Waals surface area contributed by atoms with Crippen LogP contribution in [0, 0.1) is 16.7 Å². The molecule has 1 N–H and O–H groups in total. The standard InChI is InChI=1S/C22H44O2/c1-7-15-20(18-23)19-24-17-14-12-10-8-9-11-13-16-22(5,6)21(2,3)4/h7,20,23H,1,8-19H2,2-6H3. The Morgan fingerprint density at radius 2 is 1.46 bits per heavy atom. The summed E-state index contributed by atoms with van der Waals surface area (Å²) in [5.74, 6) is 0.222. The highest BCUT2D eigenvalue weighted by molar-refractivity contribution is 4.82. The summed E-state index contributed by atoms with van der Waals surface area (Å²) in [6.45, 7) is 17.3. The SMILES string of the molecule is C=CCC(CO)COCCCCCCCCCC(C)(C)C(C)(C)C. The van der Waals surface area contributed by atoms with E-state index in [2.05, 4.69) is 41.2 Å². The van der Waals surface area contributed by atoms with E-state index in [1.807, 2.05) is 6.08 Å². The third-order valence-corrected chi connectivity index (χ3v) is 5.73. The van der Waals surface area contributed by atoms with Crippen LogP contribution in [-0.4, -0.2) is 24.9 Å². The average molecular weight is 341 g/mol. The van der Waals surface area contributed by atoms with Crippen LogP contribution in [0.1, 0.15) is 92.4 Å². The van der Waals surface area contributed by atoms with E-state index in [1.54, 1.807) is 0 Å². The summed E-state index contributed by atoms with van der Waals surface area (Å²) in [5.41, 5.74) is 0.829. The van der Waals surface area contributed by atoms with Gasteiger partial charge in [0.2, 0.25) is 0 Å². The number of ether oxygens (including phenoxy) is 1. The molecule has 0 aliphatic carbocycles. The highest BCUT2D eigenvalue weighted by Gasteiger charge is 2.31. The quantitative estimate of drug-likeness (QED) is 0.277. The van der Waals surface area contributed by atoms with Crippen LogP contribution in [0.2, 0.25) is 0 Å². The molecule has 0 rings (SSSR count). The van der Waals surface area contributed by atoms with Crippen molar-refractivity contribution in [1.82, 2.24) is 0 Å². The van der Waals surface area contributed by atoms with E-state index in [4.69, 9.17) is 9.84 Å². The first kappa shape index (κ1) is 23.7. The van der Waals surface area contributed by atoms with Gasteiger partial charge < -0.3 is 9.84 Å². The molecule has 24 heavy (non-hydrogen) atoms. The Morgan fingerprint density at radius 3 is 1.96 bits per heavy atom. The molecular weight excluding hydrogens is 296 g/mol. The minimum Gasteiger partial charge on any atom is -0.396 e. The van der Waals surface area contributed by atoms with Gasteiger partial charge in [-0.15, -0.1) is 6.58 Å². The molecule has 0 heterocycles. The number of aliphatic hydroxyl groups is 1. The molecule has 0 amide bonds. The van der Waals surface area contributed by atoms with E-state index >= 15 is 0 Å². The van der Waals surface area contributed by atoms with E-state index in [9.17, 15) is 0 Å². The zero-order chi connectivity index (χ0) is 18.5. The molecule has 144 valence electrons. The normalized spacial score (nSPS) is 13.9. The van der Waals surface area contributed by atoms with Crippen molar-refractivity contribution < 1.29 is 9.84 Å². The maximum atomic E-state index is 9.17. The molecule has 2 heteroatoms. The zero-order valence-corrected chi connectivity index (χ0v) is 17.2. The third-order valence-electron chi connectivity index (χ3n) is 5.73. The maximum absolute atomic E-state index is 9.17. The van der Waals surface area contributed by atoms with Crippen LogP contribution in [-0.2, 0) is 4.74 Å². The predicted molar refractivity (Wildman–Crippen MR) is 106 cm³/mol. The van der Waals surface area contributed by atoms with E-state index in [-0.39, 0.29) is 12.5 Å². The van der Waals surface area contributed by atoms with Crippen molar-refractivity contribution in [1.29, 1.82) is 0 Å². The molecule has 0 fully saturated rings. The lowest BCUT2D eigenvalue weighted by atomic mass is 9.67. The van der Waals surface area contributed by atoms with E-state index in [0.717, 1.165) is 19.4 Å². The maximum Gasteiger partial charge on any atom is 0.0519 e. The molecule has 0 spiro atoms. The van der Waals surface area contributed by atoms with Gasteiger partial charge in [0.25, 0.3) is 0 Å². The fraction of sp³-hybridized carbons (Fsp3) is 0.909. The first-order valence-corrected chi connectivity index (χ1v) is 10.0. The van der Waals surface area contributed by atoms with E-state index in [1.165, 1.54) is 44.9 Å². The van der Waals surface area contributed by atoms with Crippen LogP contribution in [0.25, 0.3) is 0 Å². The van der Waals surface area contributed by atoms with Crippen LogP contribution in [0.5, 0.6) is 0 Å². The molecule has 0 aliphatic heterocycles. The lowest BCUT2D eigenvalue weighted by Gasteiger charge is -2.39. The molecule has 0 saturated heterocycles. The lowest BCUT2D eigenvalue weighted by Crippen LogP contribution is -2.29. The highest BCUT2D eigenvalue weighted by Crippen LogP contribution is 2.41.